The summed E-state index contributed by atoms with van der Waals surface area (Å²) in [7, 11) is 0.0922. The number of carbonyl (C=O) groups is 2. The molecule has 2 aliphatic rings. The smallest absolute Gasteiger partial charge is 0.321 e. The molecule has 2 bridgehead atoms. The fraction of sp³-hybridized carbons (Fsp3) is 0.619. The minimum atomic E-state index is -4.01. The molecule has 0 aromatic heterocycles. The van der Waals surface area contributed by atoms with Crippen molar-refractivity contribution in [1.82, 2.24) is 9.62 Å². The number of esters is 1. The summed E-state index contributed by atoms with van der Waals surface area (Å²) in [5.41, 5.74) is 0.653. The fourth-order valence-electron chi connectivity index (χ4n) is 4.97. The number of ether oxygens (including phenoxy) is 1. The molecule has 1 aromatic rings. The fourth-order valence-corrected chi connectivity index (χ4v) is 6.30. The lowest BCUT2D eigenvalue weighted by atomic mass is 9.73. The van der Waals surface area contributed by atoms with Crippen molar-refractivity contribution < 1.29 is 22.7 Å². The Bertz CT molecular complexity index is 944. The maximum atomic E-state index is 13.0. The summed E-state index contributed by atoms with van der Waals surface area (Å²) >= 11 is 0. The predicted octanol–water partition coefficient (Wildman–Crippen LogP) is 2.08. The normalized spacial score (nSPS) is 24.7. The molecule has 0 aliphatic heterocycles. The van der Waals surface area contributed by atoms with Crippen LogP contribution >= 0.6 is 0 Å². The molecule has 2 fully saturated rings. The van der Waals surface area contributed by atoms with E-state index in [0.717, 1.165) is 17.1 Å². The van der Waals surface area contributed by atoms with Crippen LogP contribution in [0, 0.1) is 17.3 Å². The van der Waals surface area contributed by atoms with Crippen LogP contribution in [0.1, 0.15) is 43.5 Å². The Morgan fingerprint density at radius 2 is 1.97 bits per heavy atom. The number of sulfonamides is 1. The van der Waals surface area contributed by atoms with E-state index < -0.39 is 22.5 Å². The number of methoxy groups -OCH3 is 1. The summed E-state index contributed by atoms with van der Waals surface area (Å²) in [5.74, 6) is 0.136. The van der Waals surface area contributed by atoms with E-state index in [0.29, 0.717) is 17.5 Å². The third-order valence-electron chi connectivity index (χ3n) is 6.87. The molecular weight excluding hydrogens is 406 g/mol. The van der Waals surface area contributed by atoms with Crippen LogP contribution in [0.2, 0.25) is 0 Å². The molecule has 2 saturated carbocycles. The summed E-state index contributed by atoms with van der Waals surface area (Å²) in [6, 6.07) is 4.63. The first-order chi connectivity index (χ1) is 14.0. The molecule has 2 aliphatic carbocycles. The molecule has 8 nitrogen and oxygen atoms in total. The number of carbonyl (C=O) groups excluding carboxylic acids is 2. The molecule has 30 heavy (non-hydrogen) atoms. The summed E-state index contributed by atoms with van der Waals surface area (Å²) in [5, 5.41) is 6.01. The Balaban J connectivity index is 1.87. The molecule has 0 saturated heterocycles. The number of hydrogen-bond acceptors (Lipinski definition) is 6. The molecular formula is C21H31N3O5S. The summed E-state index contributed by atoms with van der Waals surface area (Å²) < 4.78 is 31.5. The predicted molar refractivity (Wildman–Crippen MR) is 114 cm³/mol. The number of anilines is 1. The van der Waals surface area contributed by atoms with Gasteiger partial charge in [0.15, 0.2) is 0 Å². The van der Waals surface area contributed by atoms with Gasteiger partial charge in [-0.15, -0.1) is 0 Å². The van der Waals surface area contributed by atoms with E-state index >= 15 is 0 Å². The van der Waals surface area contributed by atoms with Crippen LogP contribution in [-0.4, -0.2) is 58.4 Å². The van der Waals surface area contributed by atoms with Crippen LogP contribution in [-0.2, 0) is 19.6 Å². The highest BCUT2D eigenvalue weighted by Gasteiger charge is 2.53. The van der Waals surface area contributed by atoms with E-state index in [1.54, 1.807) is 19.2 Å². The number of fused-ring (bicyclic) bond motifs is 2. The van der Waals surface area contributed by atoms with Gasteiger partial charge in [0.25, 0.3) is 5.91 Å². The Morgan fingerprint density at radius 3 is 2.53 bits per heavy atom. The number of likely N-dealkylation sites (N-methyl/N-ethyl adjacent to an activating group) is 1. The van der Waals surface area contributed by atoms with Gasteiger partial charge < -0.3 is 15.4 Å². The molecule has 1 unspecified atom stereocenters. The molecule has 166 valence electrons. The second-order valence-electron chi connectivity index (χ2n) is 8.84. The lowest BCUT2D eigenvalue weighted by Crippen LogP contribution is -2.48. The Labute approximate surface area is 178 Å². The largest absolute Gasteiger partial charge is 0.468 e. The minimum Gasteiger partial charge on any atom is -0.468 e. The average Bonchev–Trinajstić information content (AvgIpc) is 3.28. The quantitative estimate of drug-likeness (QED) is 0.633. The monoisotopic (exact) mass is 437 g/mol. The Kier molecular flexibility index (Phi) is 6.15. The topological polar surface area (TPSA) is 105 Å². The molecule has 1 amide bonds. The van der Waals surface area contributed by atoms with Crippen LogP contribution in [0.15, 0.2) is 23.1 Å². The van der Waals surface area contributed by atoms with E-state index in [-0.39, 0.29) is 27.8 Å². The van der Waals surface area contributed by atoms with E-state index in [1.807, 2.05) is 0 Å². The highest BCUT2D eigenvalue weighted by atomic mass is 32.2. The van der Waals surface area contributed by atoms with Gasteiger partial charge in [0.2, 0.25) is 10.0 Å². The minimum absolute atomic E-state index is 0.0269. The molecule has 3 rings (SSSR count). The maximum absolute atomic E-state index is 13.0. The van der Waals surface area contributed by atoms with Crippen molar-refractivity contribution >= 4 is 27.6 Å². The van der Waals surface area contributed by atoms with Gasteiger partial charge in [-0.05, 0) is 54.7 Å². The van der Waals surface area contributed by atoms with Crippen LogP contribution < -0.4 is 10.6 Å². The molecule has 3 atom stereocenters. The molecule has 9 heteroatoms. The third-order valence-corrected chi connectivity index (χ3v) is 8.71. The second kappa shape index (κ2) is 8.19. The highest BCUT2D eigenvalue weighted by Crippen LogP contribution is 2.55. The Morgan fingerprint density at radius 1 is 1.27 bits per heavy atom. The number of nitrogens with one attached hydrogen (secondary N) is 2. The Hall–Kier alpha value is -2.13. The van der Waals surface area contributed by atoms with Gasteiger partial charge in [-0.2, -0.15) is 4.31 Å². The molecule has 0 spiro atoms. The van der Waals surface area contributed by atoms with Gasteiger partial charge in [0.05, 0.1) is 12.8 Å². The lowest BCUT2D eigenvalue weighted by molar-refractivity contribution is -0.140. The van der Waals surface area contributed by atoms with Crippen molar-refractivity contribution in [2.24, 2.45) is 17.3 Å². The first-order valence-corrected chi connectivity index (χ1v) is 11.6. The average molecular weight is 438 g/mol. The number of hydrogen-bond donors (Lipinski definition) is 2. The van der Waals surface area contributed by atoms with Crippen LogP contribution in [0.3, 0.4) is 0 Å². The zero-order valence-electron chi connectivity index (χ0n) is 18.2. The van der Waals surface area contributed by atoms with Crippen molar-refractivity contribution in [2.75, 3.05) is 33.1 Å². The third kappa shape index (κ3) is 3.92. The maximum Gasteiger partial charge on any atom is 0.321 e. The number of benzene rings is 1. The van der Waals surface area contributed by atoms with Crippen LogP contribution in [0.25, 0.3) is 0 Å². The highest BCUT2D eigenvalue weighted by molar-refractivity contribution is 7.89. The zero-order valence-corrected chi connectivity index (χ0v) is 19.0. The number of rotatable bonds is 7. The first kappa shape index (κ1) is 22.6. The standard InChI is InChI=1S/C21H31N3O5S/c1-21(2)15-8-6-13(10-15)19(21)23-20(26)14-7-9-16(22-3)17(11-14)30(27,28)24(4)12-18(25)29-5/h7,9,11,13,15,19,22H,6,8,10,12H2,1-5H3,(H,23,26)/t13-,15+,19?/m0/s1. The number of nitrogens with zero attached hydrogens (tertiary/aromatic N) is 1. The summed E-state index contributed by atoms with van der Waals surface area (Å²) in [6.45, 7) is 3.98. The van der Waals surface area contributed by atoms with Crippen LogP contribution in [0.5, 0.6) is 0 Å². The van der Waals surface area contributed by atoms with Crippen molar-refractivity contribution in [2.45, 2.75) is 44.0 Å². The van der Waals surface area contributed by atoms with Crippen molar-refractivity contribution in [3.8, 4) is 0 Å². The van der Waals surface area contributed by atoms with E-state index in [2.05, 4.69) is 29.2 Å². The van der Waals surface area contributed by atoms with E-state index in [1.165, 1.54) is 26.6 Å². The second-order valence-corrected chi connectivity index (χ2v) is 10.9. The molecule has 0 radical (unpaired) electrons. The SMILES string of the molecule is CNc1ccc(C(=O)NC2[C@H]3CC[C@H](C3)C2(C)C)cc1S(=O)(=O)N(C)CC(=O)OC. The number of amides is 1. The molecule has 1 aromatic carbocycles. The van der Waals surface area contributed by atoms with E-state index in [9.17, 15) is 18.0 Å². The molecule has 0 heterocycles. The lowest BCUT2D eigenvalue weighted by Gasteiger charge is -2.38. The zero-order chi connectivity index (χ0) is 22.3. The first-order valence-electron chi connectivity index (χ1n) is 10.2. The van der Waals surface area contributed by atoms with Crippen molar-refractivity contribution in [3.63, 3.8) is 0 Å². The molecule has 2 N–H and O–H groups in total. The van der Waals surface area contributed by atoms with Crippen molar-refractivity contribution in [1.29, 1.82) is 0 Å². The summed E-state index contributed by atoms with van der Waals surface area (Å²) in [4.78, 5) is 24.5. The van der Waals surface area contributed by atoms with Gasteiger partial charge in [-0.1, -0.05) is 13.8 Å². The van der Waals surface area contributed by atoms with Crippen molar-refractivity contribution in [3.05, 3.63) is 23.8 Å². The summed E-state index contributed by atoms with van der Waals surface area (Å²) in [6.07, 6.45) is 3.46. The van der Waals surface area contributed by atoms with Gasteiger partial charge in [0.1, 0.15) is 11.4 Å². The van der Waals surface area contributed by atoms with Gasteiger partial charge >= 0.3 is 5.97 Å². The van der Waals surface area contributed by atoms with Gasteiger partial charge in [-0.3, -0.25) is 9.59 Å². The van der Waals surface area contributed by atoms with Gasteiger partial charge in [-0.25, -0.2) is 8.42 Å². The van der Waals surface area contributed by atoms with Crippen LogP contribution in [0.4, 0.5) is 5.69 Å². The van der Waals surface area contributed by atoms with E-state index in [4.69, 9.17) is 0 Å². The van der Waals surface area contributed by atoms with Gasteiger partial charge in [0, 0.05) is 25.7 Å².